The van der Waals surface area contributed by atoms with Gasteiger partial charge in [0.2, 0.25) is 0 Å². The molecule has 0 unspecified atom stereocenters. The van der Waals surface area contributed by atoms with Crippen molar-refractivity contribution in [3.8, 4) is 0 Å². The van der Waals surface area contributed by atoms with Gasteiger partial charge >= 0.3 is 0 Å². The van der Waals surface area contributed by atoms with E-state index in [9.17, 15) is 8.42 Å². The van der Waals surface area contributed by atoms with Crippen LogP contribution in [0.5, 0.6) is 0 Å². The standard InChI is InChI=1S/C9H16O3S/c1-3-5-6-7-9-13(10,11)12-8-4-2/h4,7,9H,2-3,5-6,8H2,1H3/b9-7+. The molecule has 0 bridgehead atoms. The highest BCUT2D eigenvalue weighted by Crippen LogP contribution is 2.00. The van der Waals surface area contributed by atoms with Crippen LogP contribution in [-0.2, 0) is 14.3 Å². The van der Waals surface area contributed by atoms with Gasteiger partial charge in [-0.05, 0) is 6.42 Å². The molecule has 0 saturated heterocycles. The van der Waals surface area contributed by atoms with Gasteiger partial charge in [0.1, 0.15) is 0 Å². The van der Waals surface area contributed by atoms with E-state index in [2.05, 4.69) is 17.7 Å². The van der Waals surface area contributed by atoms with Gasteiger partial charge in [0.25, 0.3) is 10.1 Å². The van der Waals surface area contributed by atoms with Gasteiger partial charge in [-0.3, -0.25) is 4.18 Å². The summed E-state index contributed by atoms with van der Waals surface area (Å²) in [6.45, 7) is 5.44. The minimum absolute atomic E-state index is 0.0282. The van der Waals surface area contributed by atoms with E-state index in [0.717, 1.165) is 24.7 Å². The van der Waals surface area contributed by atoms with Gasteiger partial charge in [-0.2, -0.15) is 8.42 Å². The Hall–Kier alpha value is -0.610. The lowest BCUT2D eigenvalue weighted by Crippen LogP contribution is -2.01. The van der Waals surface area contributed by atoms with Crippen LogP contribution < -0.4 is 0 Å². The lowest BCUT2D eigenvalue weighted by molar-refractivity contribution is 0.364. The summed E-state index contributed by atoms with van der Waals surface area (Å²) < 4.78 is 26.5. The van der Waals surface area contributed by atoms with E-state index in [-0.39, 0.29) is 6.61 Å². The lowest BCUT2D eigenvalue weighted by Gasteiger charge is -1.96. The van der Waals surface area contributed by atoms with Crippen LogP contribution in [0.1, 0.15) is 26.2 Å². The molecule has 0 aromatic heterocycles. The van der Waals surface area contributed by atoms with Gasteiger partial charge in [0.15, 0.2) is 0 Å². The van der Waals surface area contributed by atoms with Crippen molar-refractivity contribution in [2.24, 2.45) is 0 Å². The van der Waals surface area contributed by atoms with Crippen LogP contribution in [0.15, 0.2) is 24.1 Å². The fraction of sp³-hybridized carbons (Fsp3) is 0.556. The molecule has 0 aliphatic rings. The van der Waals surface area contributed by atoms with E-state index in [1.807, 2.05) is 0 Å². The van der Waals surface area contributed by atoms with Crippen LogP contribution in [-0.4, -0.2) is 15.0 Å². The number of hydrogen-bond acceptors (Lipinski definition) is 3. The van der Waals surface area contributed by atoms with Crippen LogP contribution >= 0.6 is 0 Å². The Labute approximate surface area is 80.2 Å². The van der Waals surface area contributed by atoms with E-state index in [4.69, 9.17) is 0 Å². The maximum Gasteiger partial charge on any atom is 0.290 e. The molecule has 0 aliphatic heterocycles. The third kappa shape index (κ3) is 7.74. The Kier molecular flexibility index (Phi) is 6.54. The molecule has 0 rings (SSSR count). The highest BCUT2D eigenvalue weighted by molar-refractivity contribution is 7.89. The van der Waals surface area contributed by atoms with Crippen molar-refractivity contribution in [2.45, 2.75) is 26.2 Å². The maximum atomic E-state index is 11.0. The van der Waals surface area contributed by atoms with E-state index in [1.54, 1.807) is 6.08 Å². The Bertz CT molecular complexity index is 252. The highest BCUT2D eigenvalue weighted by Gasteiger charge is 2.02. The first-order valence-corrected chi connectivity index (χ1v) is 5.76. The van der Waals surface area contributed by atoms with Crippen molar-refractivity contribution in [1.82, 2.24) is 0 Å². The Morgan fingerprint density at radius 3 is 2.69 bits per heavy atom. The molecule has 0 aromatic rings. The van der Waals surface area contributed by atoms with Crippen molar-refractivity contribution < 1.29 is 12.6 Å². The molecule has 4 heteroatoms. The smallest absolute Gasteiger partial charge is 0.263 e. The van der Waals surface area contributed by atoms with Gasteiger partial charge in [-0.25, -0.2) is 0 Å². The molecule has 0 atom stereocenters. The van der Waals surface area contributed by atoms with Gasteiger partial charge in [0.05, 0.1) is 12.0 Å². The Morgan fingerprint density at radius 1 is 1.46 bits per heavy atom. The molecule has 0 aromatic carbocycles. The van der Waals surface area contributed by atoms with E-state index >= 15 is 0 Å². The number of rotatable bonds is 7. The Balaban J connectivity index is 3.87. The second kappa shape index (κ2) is 6.86. The molecule has 0 amide bonds. The molecule has 3 nitrogen and oxygen atoms in total. The summed E-state index contributed by atoms with van der Waals surface area (Å²) >= 11 is 0. The average Bonchev–Trinajstić information content (AvgIpc) is 2.09. The summed E-state index contributed by atoms with van der Waals surface area (Å²) in [7, 11) is -3.48. The molecule has 0 spiro atoms. The van der Waals surface area contributed by atoms with E-state index < -0.39 is 10.1 Å². The predicted molar refractivity (Wildman–Crippen MR) is 53.7 cm³/mol. The van der Waals surface area contributed by atoms with E-state index in [1.165, 1.54) is 6.08 Å². The molecular weight excluding hydrogens is 188 g/mol. The van der Waals surface area contributed by atoms with Crippen LogP contribution in [0.3, 0.4) is 0 Å². The summed E-state index contributed by atoms with van der Waals surface area (Å²) in [5, 5.41) is 1.10. The maximum absolute atomic E-state index is 11.0. The third-order valence-corrected chi connectivity index (χ3v) is 2.33. The molecule has 0 saturated carbocycles. The van der Waals surface area contributed by atoms with Gasteiger partial charge in [-0.1, -0.05) is 31.9 Å². The predicted octanol–water partition coefficient (Wildman–Crippen LogP) is 2.22. The summed E-state index contributed by atoms with van der Waals surface area (Å²) in [6.07, 6.45) is 5.83. The molecule has 0 radical (unpaired) electrons. The molecular formula is C9H16O3S. The first-order valence-electron chi connectivity index (χ1n) is 4.29. The summed E-state index contributed by atoms with van der Waals surface area (Å²) in [5.41, 5.74) is 0. The second-order valence-corrected chi connectivity index (χ2v) is 4.07. The molecule has 13 heavy (non-hydrogen) atoms. The topological polar surface area (TPSA) is 43.4 Å². The van der Waals surface area contributed by atoms with Crippen molar-refractivity contribution in [1.29, 1.82) is 0 Å². The first kappa shape index (κ1) is 12.4. The molecule has 76 valence electrons. The average molecular weight is 204 g/mol. The molecule has 0 N–H and O–H groups in total. The first-order chi connectivity index (χ1) is 6.12. The van der Waals surface area contributed by atoms with Crippen LogP contribution in [0.2, 0.25) is 0 Å². The largest absolute Gasteiger partial charge is 0.290 e. The lowest BCUT2D eigenvalue weighted by atomic mass is 10.2. The Morgan fingerprint density at radius 2 is 2.15 bits per heavy atom. The van der Waals surface area contributed by atoms with Crippen molar-refractivity contribution in [2.75, 3.05) is 6.61 Å². The fourth-order valence-corrected chi connectivity index (χ4v) is 1.43. The van der Waals surface area contributed by atoms with E-state index in [0.29, 0.717) is 0 Å². The third-order valence-electron chi connectivity index (χ3n) is 1.34. The zero-order valence-corrected chi connectivity index (χ0v) is 8.72. The summed E-state index contributed by atoms with van der Waals surface area (Å²) in [5.74, 6) is 0. The normalized spacial score (nSPS) is 12.1. The van der Waals surface area contributed by atoms with Crippen molar-refractivity contribution in [3.63, 3.8) is 0 Å². The SMILES string of the molecule is C=CCOS(=O)(=O)/C=C/CCCC. The molecule has 0 heterocycles. The number of unbranched alkanes of at least 4 members (excludes halogenated alkanes) is 2. The van der Waals surface area contributed by atoms with Gasteiger partial charge in [-0.15, -0.1) is 6.58 Å². The van der Waals surface area contributed by atoms with Gasteiger partial charge < -0.3 is 0 Å². The molecule has 0 aliphatic carbocycles. The fourth-order valence-electron chi connectivity index (χ4n) is 0.690. The highest BCUT2D eigenvalue weighted by atomic mass is 32.2. The van der Waals surface area contributed by atoms with Crippen molar-refractivity contribution in [3.05, 3.63) is 24.1 Å². The zero-order valence-electron chi connectivity index (χ0n) is 7.90. The second-order valence-electron chi connectivity index (χ2n) is 2.58. The monoisotopic (exact) mass is 204 g/mol. The molecule has 0 fully saturated rings. The summed E-state index contributed by atoms with van der Waals surface area (Å²) in [4.78, 5) is 0. The van der Waals surface area contributed by atoms with Crippen LogP contribution in [0, 0.1) is 0 Å². The minimum atomic E-state index is -3.48. The van der Waals surface area contributed by atoms with Gasteiger partial charge in [0, 0.05) is 0 Å². The quantitative estimate of drug-likeness (QED) is 0.363. The summed E-state index contributed by atoms with van der Waals surface area (Å²) in [6, 6.07) is 0. The van der Waals surface area contributed by atoms with Crippen molar-refractivity contribution >= 4 is 10.1 Å². The minimum Gasteiger partial charge on any atom is -0.263 e. The zero-order chi connectivity index (χ0) is 10.2. The number of hydrogen-bond donors (Lipinski definition) is 0. The van der Waals surface area contributed by atoms with Crippen LogP contribution in [0.25, 0.3) is 0 Å². The number of allylic oxidation sites excluding steroid dienone is 1. The van der Waals surface area contributed by atoms with Crippen LogP contribution in [0.4, 0.5) is 0 Å².